The summed E-state index contributed by atoms with van der Waals surface area (Å²) in [4.78, 5) is 15.5. The summed E-state index contributed by atoms with van der Waals surface area (Å²) in [6, 6.07) is 16.8. The van der Waals surface area contributed by atoms with Gasteiger partial charge in [-0.05, 0) is 57.9 Å². The molecule has 0 bridgehead atoms. The molecule has 144 valence electrons. The molecular formula is C23H31N3O. The predicted molar refractivity (Wildman–Crippen MR) is 112 cm³/mol. The summed E-state index contributed by atoms with van der Waals surface area (Å²) in [5, 5.41) is 3.22. The summed E-state index contributed by atoms with van der Waals surface area (Å²) in [5.41, 5.74) is 10.1. The van der Waals surface area contributed by atoms with E-state index in [1.165, 1.54) is 0 Å². The second kappa shape index (κ2) is 8.13. The Labute approximate surface area is 162 Å². The maximum absolute atomic E-state index is 13.0. The number of amides is 1. The molecule has 0 fully saturated rings. The van der Waals surface area contributed by atoms with Crippen LogP contribution in [0.1, 0.15) is 62.8 Å². The van der Waals surface area contributed by atoms with Gasteiger partial charge in [0.1, 0.15) is 0 Å². The molecule has 0 aliphatic carbocycles. The summed E-state index contributed by atoms with van der Waals surface area (Å²) in [6.45, 7) is 9.75. The van der Waals surface area contributed by atoms with E-state index in [1.54, 1.807) is 0 Å². The second-order valence-corrected chi connectivity index (χ2v) is 7.97. The Hall–Kier alpha value is -2.33. The van der Waals surface area contributed by atoms with Crippen LogP contribution in [0.5, 0.6) is 0 Å². The highest BCUT2D eigenvalue weighted by molar-refractivity contribution is 5.87. The summed E-state index contributed by atoms with van der Waals surface area (Å²) in [7, 11) is 0. The summed E-state index contributed by atoms with van der Waals surface area (Å²) < 4.78 is 0. The number of benzene rings is 2. The number of nitrogens with two attached hydrogens (primary N) is 1. The number of fused-ring (bicyclic) bond motifs is 1. The zero-order valence-corrected chi connectivity index (χ0v) is 16.8. The number of rotatable bonds is 6. The molecule has 1 heterocycles. The number of carbonyl (C=O) groups is 1. The Bertz CT molecular complexity index is 792. The first-order valence-electron chi connectivity index (χ1n) is 9.89. The van der Waals surface area contributed by atoms with E-state index in [2.05, 4.69) is 50.0 Å². The van der Waals surface area contributed by atoms with Crippen molar-refractivity contribution < 1.29 is 4.79 Å². The smallest absolute Gasteiger partial charge is 0.228 e. The van der Waals surface area contributed by atoms with Crippen molar-refractivity contribution in [1.82, 2.24) is 10.2 Å². The third-order valence-corrected chi connectivity index (χ3v) is 5.60. The predicted octanol–water partition coefficient (Wildman–Crippen LogP) is 4.08. The molecule has 0 saturated heterocycles. The largest absolute Gasteiger partial charge is 0.398 e. The molecule has 0 aromatic heterocycles. The van der Waals surface area contributed by atoms with E-state index in [9.17, 15) is 4.79 Å². The van der Waals surface area contributed by atoms with Gasteiger partial charge in [-0.25, -0.2) is 0 Å². The lowest BCUT2D eigenvalue weighted by atomic mass is 9.81. The minimum atomic E-state index is -0.183. The maximum atomic E-state index is 13.0. The monoisotopic (exact) mass is 365 g/mol. The van der Waals surface area contributed by atoms with Crippen LogP contribution in [0.15, 0.2) is 48.5 Å². The highest BCUT2D eigenvalue weighted by atomic mass is 16.2. The van der Waals surface area contributed by atoms with Crippen LogP contribution >= 0.6 is 0 Å². The van der Waals surface area contributed by atoms with E-state index < -0.39 is 0 Å². The van der Waals surface area contributed by atoms with Gasteiger partial charge in [0.2, 0.25) is 5.91 Å². The molecule has 0 spiro atoms. The van der Waals surface area contributed by atoms with Crippen LogP contribution in [0.25, 0.3) is 0 Å². The number of nitrogens with zero attached hydrogens (tertiary/aromatic N) is 1. The third kappa shape index (κ3) is 4.01. The van der Waals surface area contributed by atoms with E-state index in [0.717, 1.165) is 29.7 Å². The van der Waals surface area contributed by atoms with Crippen LogP contribution in [0.3, 0.4) is 0 Å². The molecule has 0 saturated carbocycles. The Balaban J connectivity index is 1.90. The quantitative estimate of drug-likeness (QED) is 0.758. The average Bonchev–Trinajstić information content (AvgIpc) is 2.63. The van der Waals surface area contributed by atoms with Gasteiger partial charge in [0.15, 0.2) is 0 Å². The molecule has 4 nitrogen and oxygen atoms in total. The Kier molecular flexibility index (Phi) is 5.85. The van der Waals surface area contributed by atoms with Gasteiger partial charge in [0.05, 0.1) is 12.0 Å². The van der Waals surface area contributed by atoms with Crippen molar-refractivity contribution in [3.63, 3.8) is 0 Å². The van der Waals surface area contributed by atoms with Crippen LogP contribution in [0.4, 0.5) is 5.69 Å². The maximum Gasteiger partial charge on any atom is 0.228 e. The number of nitrogens with one attached hydrogen (secondary N) is 1. The molecule has 4 heteroatoms. The lowest BCUT2D eigenvalue weighted by molar-refractivity contribution is -0.124. The SMILES string of the molecule is CC(C)N(CCC1C(=O)NC(c2ccccc2N)c2ccccc21)C(C)C. The van der Waals surface area contributed by atoms with Crippen LogP contribution in [-0.4, -0.2) is 29.4 Å². The second-order valence-electron chi connectivity index (χ2n) is 7.97. The van der Waals surface area contributed by atoms with Gasteiger partial charge in [-0.1, -0.05) is 42.5 Å². The molecule has 3 N–H and O–H groups in total. The van der Waals surface area contributed by atoms with Crippen molar-refractivity contribution in [2.75, 3.05) is 12.3 Å². The molecule has 27 heavy (non-hydrogen) atoms. The molecule has 1 aliphatic heterocycles. The highest BCUT2D eigenvalue weighted by Crippen LogP contribution is 2.37. The number of hydrogen-bond donors (Lipinski definition) is 2. The molecular weight excluding hydrogens is 334 g/mol. The Morgan fingerprint density at radius 2 is 1.48 bits per heavy atom. The van der Waals surface area contributed by atoms with Gasteiger partial charge in [-0.15, -0.1) is 0 Å². The number of para-hydroxylation sites is 1. The standard InChI is InChI=1S/C23H31N3O/c1-15(2)26(16(3)4)14-13-19-17-9-5-6-10-18(17)22(25-23(19)27)20-11-7-8-12-21(20)24/h5-12,15-16,19,22H,13-14,24H2,1-4H3,(H,25,27). The molecule has 0 radical (unpaired) electrons. The molecule has 3 rings (SSSR count). The van der Waals surface area contributed by atoms with Crippen molar-refractivity contribution in [1.29, 1.82) is 0 Å². The minimum absolute atomic E-state index is 0.0921. The number of hydrogen-bond acceptors (Lipinski definition) is 3. The average molecular weight is 366 g/mol. The van der Waals surface area contributed by atoms with Crippen molar-refractivity contribution in [2.24, 2.45) is 0 Å². The van der Waals surface area contributed by atoms with Crippen LogP contribution in [0, 0.1) is 0 Å². The lowest BCUT2D eigenvalue weighted by Gasteiger charge is -2.35. The van der Waals surface area contributed by atoms with Gasteiger partial charge >= 0.3 is 0 Å². The first-order chi connectivity index (χ1) is 12.9. The normalized spacial score (nSPS) is 19.4. The molecule has 2 aromatic rings. The van der Waals surface area contributed by atoms with Gasteiger partial charge in [-0.2, -0.15) is 0 Å². The van der Waals surface area contributed by atoms with Crippen molar-refractivity contribution in [2.45, 2.75) is 58.2 Å². The molecule has 2 unspecified atom stereocenters. The molecule has 2 atom stereocenters. The summed E-state index contributed by atoms with van der Waals surface area (Å²) in [6.07, 6.45) is 0.816. The highest BCUT2D eigenvalue weighted by Gasteiger charge is 2.34. The van der Waals surface area contributed by atoms with Crippen LogP contribution in [-0.2, 0) is 4.79 Å². The first kappa shape index (κ1) is 19.4. The fourth-order valence-corrected chi connectivity index (χ4v) is 4.25. The van der Waals surface area contributed by atoms with Crippen LogP contribution in [0.2, 0.25) is 0 Å². The summed E-state index contributed by atoms with van der Waals surface area (Å²) >= 11 is 0. The van der Waals surface area contributed by atoms with Gasteiger partial charge in [0.25, 0.3) is 0 Å². The zero-order chi connectivity index (χ0) is 19.6. The third-order valence-electron chi connectivity index (χ3n) is 5.60. The van der Waals surface area contributed by atoms with E-state index >= 15 is 0 Å². The fraction of sp³-hybridized carbons (Fsp3) is 0.435. The van der Waals surface area contributed by atoms with Gasteiger partial charge in [-0.3, -0.25) is 9.69 Å². The topological polar surface area (TPSA) is 58.4 Å². The van der Waals surface area contributed by atoms with Crippen LogP contribution < -0.4 is 11.1 Å². The Morgan fingerprint density at radius 3 is 2.07 bits per heavy atom. The number of anilines is 1. The lowest BCUT2D eigenvalue weighted by Crippen LogP contribution is -2.42. The Morgan fingerprint density at radius 1 is 0.926 bits per heavy atom. The van der Waals surface area contributed by atoms with Gasteiger partial charge in [0, 0.05) is 23.3 Å². The number of carbonyl (C=O) groups excluding carboxylic acids is 1. The number of nitrogen functional groups attached to an aromatic ring is 1. The van der Waals surface area contributed by atoms with Crippen molar-refractivity contribution in [3.8, 4) is 0 Å². The minimum Gasteiger partial charge on any atom is -0.398 e. The van der Waals surface area contributed by atoms with E-state index in [-0.39, 0.29) is 17.9 Å². The summed E-state index contributed by atoms with van der Waals surface area (Å²) in [5.74, 6) is -0.0307. The molecule has 1 aliphatic rings. The van der Waals surface area contributed by atoms with E-state index in [1.807, 2.05) is 36.4 Å². The van der Waals surface area contributed by atoms with Gasteiger partial charge < -0.3 is 11.1 Å². The molecule has 1 amide bonds. The fourth-order valence-electron chi connectivity index (χ4n) is 4.25. The van der Waals surface area contributed by atoms with Crippen molar-refractivity contribution in [3.05, 3.63) is 65.2 Å². The molecule has 2 aromatic carbocycles. The first-order valence-corrected chi connectivity index (χ1v) is 9.89. The zero-order valence-electron chi connectivity index (χ0n) is 16.8. The van der Waals surface area contributed by atoms with E-state index in [0.29, 0.717) is 17.8 Å². The van der Waals surface area contributed by atoms with Crippen molar-refractivity contribution >= 4 is 11.6 Å². The van der Waals surface area contributed by atoms with E-state index in [4.69, 9.17) is 5.73 Å².